The fourth-order valence-electron chi connectivity index (χ4n) is 2.73. The van der Waals surface area contributed by atoms with Crippen LogP contribution in [0.3, 0.4) is 0 Å². The molecular formula is C14H17NO6S. The molecule has 0 N–H and O–H groups in total. The van der Waals surface area contributed by atoms with E-state index in [2.05, 4.69) is 4.74 Å². The van der Waals surface area contributed by atoms with E-state index in [1.54, 1.807) is 0 Å². The molecule has 7 nitrogen and oxygen atoms in total. The minimum atomic E-state index is -3.54. The van der Waals surface area contributed by atoms with Crippen LogP contribution in [-0.4, -0.2) is 31.7 Å². The number of ether oxygens (including phenoxy) is 1. The van der Waals surface area contributed by atoms with Crippen molar-refractivity contribution < 1.29 is 22.9 Å². The molecule has 1 fully saturated rings. The molecule has 0 aliphatic heterocycles. The van der Waals surface area contributed by atoms with Gasteiger partial charge in [0, 0.05) is 12.1 Å². The molecular weight excluding hydrogens is 310 g/mol. The Kier molecular flexibility index (Phi) is 4.80. The molecule has 2 rings (SSSR count). The van der Waals surface area contributed by atoms with Gasteiger partial charge >= 0.3 is 5.97 Å². The van der Waals surface area contributed by atoms with Gasteiger partial charge in [0.2, 0.25) is 0 Å². The maximum atomic E-state index is 12.5. The molecule has 0 radical (unpaired) electrons. The number of hydrogen-bond acceptors (Lipinski definition) is 6. The molecule has 0 amide bonds. The molecule has 0 unspecified atom stereocenters. The lowest BCUT2D eigenvalue weighted by molar-refractivity contribution is -0.384. The van der Waals surface area contributed by atoms with Crippen molar-refractivity contribution in [3.05, 3.63) is 34.4 Å². The largest absolute Gasteiger partial charge is 0.469 e. The van der Waals surface area contributed by atoms with E-state index in [1.807, 2.05) is 0 Å². The number of nitro benzene ring substituents is 1. The maximum absolute atomic E-state index is 12.5. The SMILES string of the molecule is COC(=O)[C@H]1CC[C@@H](S(=O)(=O)c2ccc([N+](=O)[O-])cc2)CC1. The number of rotatable bonds is 4. The molecule has 0 atom stereocenters. The number of benzene rings is 1. The molecule has 1 aliphatic rings. The molecule has 0 spiro atoms. The summed E-state index contributed by atoms with van der Waals surface area (Å²) in [5.74, 6) is -0.542. The zero-order valence-corrected chi connectivity index (χ0v) is 12.9. The van der Waals surface area contributed by atoms with Gasteiger partial charge in [-0.2, -0.15) is 0 Å². The summed E-state index contributed by atoms with van der Waals surface area (Å²) < 4.78 is 29.7. The van der Waals surface area contributed by atoms with E-state index in [4.69, 9.17) is 0 Å². The highest BCUT2D eigenvalue weighted by Crippen LogP contribution is 2.32. The smallest absolute Gasteiger partial charge is 0.308 e. The molecule has 0 aromatic heterocycles. The monoisotopic (exact) mass is 327 g/mol. The fourth-order valence-corrected chi connectivity index (χ4v) is 4.52. The summed E-state index contributed by atoms with van der Waals surface area (Å²) in [4.78, 5) is 21.6. The Balaban J connectivity index is 2.11. The van der Waals surface area contributed by atoms with Crippen LogP contribution < -0.4 is 0 Å². The van der Waals surface area contributed by atoms with Crippen molar-refractivity contribution in [1.29, 1.82) is 0 Å². The van der Waals surface area contributed by atoms with Crippen LogP contribution in [0.5, 0.6) is 0 Å². The second-order valence-electron chi connectivity index (χ2n) is 5.29. The van der Waals surface area contributed by atoms with Crippen LogP contribution in [-0.2, 0) is 19.4 Å². The second-order valence-corrected chi connectivity index (χ2v) is 7.52. The second kappa shape index (κ2) is 6.43. The summed E-state index contributed by atoms with van der Waals surface area (Å²) in [5, 5.41) is 10.0. The van der Waals surface area contributed by atoms with Crippen molar-refractivity contribution in [1.82, 2.24) is 0 Å². The summed E-state index contributed by atoms with van der Waals surface area (Å²) in [6.45, 7) is 0. The normalized spacial score (nSPS) is 22.0. The first kappa shape index (κ1) is 16.4. The van der Waals surface area contributed by atoms with E-state index in [1.165, 1.54) is 31.4 Å². The minimum Gasteiger partial charge on any atom is -0.469 e. The lowest BCUT2D eigenvalue weighted by Gasteiger charge is -2.26. The fraction of sp³-hybridized carbons (Fsp3) is 0.500. The number of hydrogen-bond donors (Lipinski definition) is 0. The number of non-ortho nitro benzene ring substituents is 1. The molecule has 0 bridgehead atoms. The lowest BCUT2D eigenvalue weighted by Crippen LogP contribution is -2.30. The van der Waals surface area contributed by atoms with Crippen LogP contribution >= 0.6 is 0 Å². The minimum absolute atomic E-state index is 0.0830. The predicted octanol–water partition coefficient (Wildman–Crippen LogP) is 2.10. The Hall–Kier alpha value is -1.96. The van der Waals surface area contributed by atoms with Gasteiger partial charge in [0.05, 0.1) is 28.1 Å². The van der Waals surface area contributed by atoms with Crippen LogP contribution in [0.15, 0.2) is 29.2 Å². The highest BCUT2D eigenvalue weighted by Gasteiger charge is 2.34. The van der Waals surface area contributed by atoms with Gasteiger partial charge in [0.25, 0.3) is 5.69 Å². The molecule has 120 valence electrons. The summed E-state index contributed by atoms with van der Waals surface area (Å²) in [6.07, 6.45) is 1.73. The van der Waals surface area contributed by atoms with Crippen LogP contribution in [0.2, 0.25) is 0 Å². The number of nitrogens with zero attached hydrogens (tertiary/aromatic N) is 1. The Morgan fingerprint density at radius 1 is 1.18 bits per heavy atom. The van der Waals surface area contributed by atoms with Gasteiger partial charge < -0.3 is 4.74 Å². The van der Waals surface area contributed by atoms with Crippen molar-refractivity contribution >= 4 is 21.5 Å². The first-order valence-electron chi connectivity index (χ1n) is 6.92. The van der Waals surface area contributed by atoms with Crippen molar-refractivity contribution in [2.24, 2.45) is 5.92 Å². The molecule has 22 heavy (non-hydrogen) atoms. The highest BCUT2D eigenvalue weighted by atomic mass is 32.2. The molecule has 1 aromatic rings. The average Bonchev–Trinajstić information content (AvgIpc) is 2.54. The standard InChI is InChI=1S/C14H17NO6S/c1-21-14(16)10-2-6-12(7-3-10)22(19,20)13-8-4-11(5-9-13)15(17)18/h4-5,8-10,12H,2-3,6-7H2,1H3/t10-,12+. The average molecular weight is 327 g/mol. The Bertz CT molecular complexity index is 659. The third kappa shape index (κ3) is 3.27. The third-order valence-corrected chi connectivity index (χ3v) is 6.30. The molecule has 1 aromatic carbocycles. The zero-order valence-electron chi connectivity index (χ0n) is 12.1. The molecule has 1 saturated carbocycles. The van der Waals surface area contributed by atoms with Crippen molar-refractivity contribution in [3.63, 3.8) is 0 Å². The number of methoxy groups -OCH3 is 1. The number of sulfone groups is 1. The number of carbonyl (C=O) groups is 1. The Morgan fingerprint density at radius 2 is 1.73 bits per heavy atom. The van der Waals surface area contributed by atoms with Crippen molar-refractivity contribution in [2.45, 2.75) is 35.8 Å². The molecule has 8 heteroatoms. The van der Waals surface area contributed by atoms with Gasteiger partial charge in [0.1, 0.15) is 0 Å². The number of esters is 1. The molecule has 0 heterocycles. The third-order valence-electron chi connectivity index (χ3n) is 4.02. The van der Waals surface area contributed by atoms with Gasteiger partial charge in [-0.25, -0.2) is 8.42 Å². The van der Waals surface area contributed by atoms with E-state index < -0.39 is 20.0 Å². The Morgan fingerprint density at radius 3 is 2.18 bits per heavy atom. The topological polar surface area (TPSA) is 104 Å². The highest BCUT2D eigenvalue weighted by molar-refractivity contribution is 7.92. The first-order chi connectivity index (χ1) is 10.4. The predicted molar refractivity (Wildman–Crippen MR) is 78.0 cm³/mol. The number of nitro groups is 1. The van der Waals surface area contributed by atoms with Crippen LogP contribution in [0, 0.1) is 16.0 Å². The number of carbonyl (C=O) groups excluding carboxylic acids is 1. The summed E-state index contributed by atoms with van der Waals surface area (Å²) in [7, 11) is -2.21. The van der Waals surface area contributed by atoms with Gasteiger partial charge in [-0.3, -0.25) is 14.9 Å². The van der Waals surface area contributed by atoms with Crippen LogP contribution in [0.4, 0.5) is 5.69 Å². The van der Waals surface area contributed by atoms with Gasteiger partial charge in [0.15, 0.2) is 9.84 Å². The van der Waals surface area contributed by atoms with E-state index in [9.17, 15) is 23.3 Å². The molecule has 1 aliphatic carbocycles. The van der Waals surface area contributed by atoms with E-state index in [-0.39, 0.29) is 22.5 Å². The van der Waals surface area contributed by atoms with Gasteiger partial charge in [-0.1, -0.05) is 0 Å². The summed E-state index contributed by atoms with van der Waals surface area (Å²) in [5.41, 5.74) is -0.145. The van der Waals surface area contributed by atoms with Crippen LogP contribution in [0.1, 0.15) is 25.7 Å². The zero-order chi connectivity index (χ0) is 16.3. The maximum Gasteiger partial charge on any atom is 0.308 e. The lowest BCUT2D eigenvalue weighted by atomic mass is 9.89. The van der Waals surface area contributed by atoms with Crippen molar-refractivity contribution in [2.75, 3.05) is 7.11 Å². The molecule has 0 saturated heterocycles. The quantitative estimate of drug-likeness (QED) is 0.476. The van der Waals surface area contributed by atoms with E-state index >= 15 is 0 Å². The van der Waals surface area contributed by atoms with E-state index in [0.717, 1.165) is 0 Å². The van der Waals surface area contributed by atoms with Gasteiger partial charge in [-0.15, -0.1) is 0 Å². The Labute approximate surface area is 128 Å². The van der Waals surface area contributed by atoms with Gasteiger partial charge in [-0.05, 0) is 37.8 Å². The van der Waals surface area contributed by atoms with Crippen LogP contribution in [0.25, 0.3) is 0 Å². The first-order valence-corrected chi connectivity index (χ1v) is 8.47. The summed E-state index contributed by atoms with van der Waals surface area (Å²) >= 11 is 0. The van der Waals surface area contributed by atoms with Crippen molar-refractivity contribution in [3.8, 4) is 0 Å². The summed E-state index contributed by atoms with van der Waals surface area (Å²) in [6, 6.07) is 4.90. The van der Waals surface area contributed by atoms with E-state index in [0.29, 0.717) is 25.7 Å².